The molecule has 0 radical (unpaired) electrons. The molecule has 0 bridgehead atoms. The fraction of sp³-hybridized carbons (Fsp3) is 0.588. The number of nitrogens with one attached hydrogen (secondary N) is 1. The van der Waals surface area contributed by atoms with Crippen molar-refractivity contribution in [1.82, 2.24) is 0 Å². The molecular formula is C17H28N2O. The molecule has 3 nitrogen and oxygen atoms in total. The van der Waals surface area contributed by atoms with Crippen molar-refractivity contribution >= 4 is 11.6 Å². The highest BCUT2D eigenvalue weighted by Crippen LogP contribution is 2.31. The van der Waals surface area contributed by atoms with Crippen LogP contribution in [0.25, 0.3) is 0 Å². The predicted octanol–water partition coefficient (Wildman–Crippen LogP) is 3.79. The molecule has 0 aliphatic rings. The van der Waals surface area contributed by atoms with Crippen LogP contribution in [0.4, 0.5) is 5.69 Å². The lowest BCUT2D eigenvalue weighted by Crippen LogP contribution is -2.42. The van der Waals surface area contributed by atoms with Gasteiger partial charge in [-0.25, -0.2) is 0 Å². The van der Waals surface area contributed by atoms with Crippen molar-refractivity contribution in [2.45, 2.75) is 53.4 Å². The Morgan fingerprint density at radius 2 is 1.80 bits per heavy atom. The van der Waals surface area contributed by atoms with E-state index < -0.39 is 5.41 Å². The summed E-state index contributed by atoms with van der Waals surface area (Å²) in [5.41, 5.74) is 8.73. The number of carbonyl (C=O) groups excluding carboxylic acids is 1. The third-order valence-electron chi connectivity index (χ3n) is 4.18. The lowest BCUT2D eigenvalue weighted by atomic mass is 9.78. The number of rotatable bonds is 7. The average Bonchev–Trinajstić information content (AvgIpc) is 2.43. The number of hydrogen-bond acceptors (Lipinski definition) is 2. The van der Waals surface area contributed by atoms with Gasteiger partial charge in [-0.05, 0) is 43.9 Å². The first-order valence-electron chi connectivity index (χ1n) is 7.58. The Labute approximate surface area is 122 Å². The van der Waals surface area contributed by atoms with Gasteiger partial charge in [0.1, 0.15) is 0 Å². The zero-order valence-electron chi connectivity index (χ0n) is 13.3. The van der Waals surface area contributed by atoms with E-state index in [0.717, 1.165) is 36.9 Å². The predicted molar refractivity (Wildman–Crippen MR) is 85.8 cm³/mol. The topological polar surface area (TPSA) is 55.1 Å². The van der Waals surface area contributed by atoms with Crippen LogP contribution in [0.15, 0.2) is 18.2 Å². The van der Waals surface area contributed by atoms with Crippen molar-refractivity contribution in [3.8, 4) is 0 Å². The van der Waals surface area contributed by atoms with E-state index in [0.29, 0.717) is 6.54 Å². The lowest BCUT2D eigenvalue weighted by molar-refractivity contribution is -0.126. The van der Waals surface area contributed by atoms with Crippen molar-refractivity contribution in [2.24, 2.45) is 11.1 Å². The number of hydrogen-bond donors (Lipinski definition) is 2. The molecule has 1 amide bonds. The van der Waals surface area contributed by atoms with E-state index in [1.807, 2.05) is 19.1 Å². The summed E-state index contributed by atoms with van der Waals surface area (Å²) in [6, 6.07) is 5.99. The van der Waals surface area contributed by atoms with E-state index in [1.54, 1.807) is 0 Å². The van der Waals surface area contributed by atoms with Gasteiger partial charge in [-0.3, -0.25) is 4.79 Å². The average molecular weight is 276 g/mol. The molecule has 0 heterocycles. The Kier molecular flexibility index (Phi) is 6.21. The minimum Gasteiger partial charge on any atom is -0.329 e. The fourth-order valence-corrected chi connectivity index (χ4v) is 2.75. The van der Waals surface area contributed by atoms with Gasteiger partial charge in [0.2, 0.25) is 5.91 Å². The van der Waals surface area contributed by atoms with Crippen molar-refractivity contribution < 1.29 is 4.79 Å². The van der Waals surface area contributed by atoms with E-state index in [1.165, 1.54) is 5.56 Å². The summed E-state index contributed by atoms with van der Waals surface area (Å²) in [5.74, 6) is 0.0670. The van der Waals surface area contributed by atoms with E-state index >= 15 is 0 Å². The summed E-state index contributed by atoms with van der Waals surface area (Å²) in [6.45, 7) is 8.70. The van der Waals surface area contributed by atoms with Gasteiger partial charge < -0.3 is 11.1 Å². The van der Waals surface area contributed by atoms with Crippen LogP contribution in [0.3, 0.4) is 0 Å². The lowest BCUT2D eigenvalue weighted by Gasteiger charge is -2.31. The maximum atomic E-state index is 12.7. The van der Waals surface area contributed by atoms with Gasteiger partial charge >= 0.3 is 0 Å². The van der Waals surface area contributed by atoms with Crippen LogP contribution >= 0.6 is 0 Å². The monoisotopic (exact) mass is 276 g/mol. The van der Waals surface area contributed by atoms with E-state index in [-0.39, 0.29) is 5.91 Å². The smallest absolute Gasteiger partial charge is 0.231 e. The summed E-state index contributed by atoms with van der Waals surface area (Å²) in [4.78, 5) is 12.7. The second-order valence-corrected chi connectivity index (χ2v) is 5.69. The van der Waals surface area contributed by atoms with Crippen LogP contribution in [0, 0.1) is 19.3 Å². The largest absolute Gasteiger partial charge is 0.329 e. The fourth-order valence-electron chi connectivity index (χ4n) is 2.75. The zero-order valence-corrected chi connectivity index (χ0v) is 13.3. The summed E-state index contributed by atoms with van der Waals surface area (Å²) >= 11 is 0. The Bertz CT molecular complexity index is 448. The number of benzene rings is 1. The third kappa shape index (κ3) is 3.60. The van der Waals surface area contributed by atoms with Crippen molar-refractivity contribution in [1.29, 1.82) is 0 Å². The van der Waals surface area contributed by atoms with Crippen LogP contribution in [0.1, 0.15) is 50.7 Å². The van der Waals surface area contributed by atoms with Gasteiger partial charge in [-0.2, -0.15) is 0 Å². The molecule has 0 aliphatic heterocycles. The van der Waals surface area contributed by atoms with Crippen molar-refractivity contribution in [2.75, 3.05) is 11.9 Å². The van der Waals surface area contributed by atoms with Crippen LogP contribution < -0.4 is 11.1 Å². The summed E-state index contributed by atoms with van der Waals surface area (Å²) in [7, 11) is 0. The quantitative estimate of drug-likeness (QED) is 0.796. The molecule has 1 rings (SSSR count). The Morgan fingerprint density at radius 1 is 1.20 bits per heavy atom. The summed E-state index contributed by atoms with van der Waals surface area (Å²) in [5, 5.41) is 3.09. The molecule has 0 saturated heterocycles. The molecule has 20 heavy (non-hydrogen) atoms. The summed E-state index contributed by atoms with van der Waals surface area (Å²) < 4.78 is 0. The number of nitrogens with two attached hydrogens (primary N) is 1. The molecule has 1 aromatic rings. The van der Waals surface area contributed by atoms with Gasteiger partial charge in [-0.15, -0.1) is 0 Å². The molecule has 1 aromatic carbocycles. The van der Waals surface area contributed by atoms with Crippen molar-refractivity contribution in [3.05, 3.63) is 29.3 Å². The van der Waals surface area contributed by atoms with Gasteiger partial charge in [0.25, 0.3) is 0 Å². The normalized spacial score (nSPS) is 11.4. The highest BCUT2D eigenvalue weighted by Gasteiger charge is 2.35. The maximum absolute atomic E-state index is 12.7. The van der Waals surface area contributed by atoms with Gasteiger partial charge in [0.15, 0.2) is 0 Å². The molecule has 0 aromatic heterocycles. The molecule has 0 unspecified atom stereocenters. The highest BCUT2D eigenvalue weighted by atomic mass is 16.2. The van der Waals surface area contributed by atoms with Gasteiger partial charge in [0, 0.05) is 12.2 Å². The number of amides is 1. The molecule has 112 valence electrons. The second-order valence-electron chi connectivity index (χ2n) is 5.69. The van der Waals surface area contributed by atoms with Crippen LogP contribution in [0.2, 0.25) is 0 Å². The molecular weight excluding hydrogens is 248 g/mol. The van der Waals surface area contributed by atoms with Gasteiger partial charge in [0.05, 0.1) is 5.41 Å². The minimum atomic E-state index is -0.431. The SMILES string of the molecule is CCCC(CN)(CCC)C(=O)Nc1cccc(C)c1C. The number of aryl methyl sites for hydroxylation is 1. The summed E-state index contributed by atoms with van der Waals surface area (Å²) in [6.07, 6.45) is 3.62. The standard InChI is InChI=1S/C17H28N2O/c1-5-10-17(12-18,11-6-2)16(20)19-15-9-7-8-13(3)14(15)4/h7-9H,5-6,10-12,18H2,1-4H3,(H,19,20). The van der Waals surface area contributed by atoms with Crippen LogP contribution in [0.5, 0.6) is 0 Å². The first kappa shape index (κ1) is 16.7. The van der Waals surface area contributed by atoms with Crippen LogP contribution in [-0.2, 0) is 4.79 Å². The van der Waals surface area contributed by atoms with E-state index in [9.17, 15) is 4.79 Å². The first-order chi connectivity index (χ1) is 9.50. The number of anilines is 1. The number of carbonyl (C=O) groups is 1. The van der Waals surface area contributed by atoms with Crippen LogP contribution in [-0.4, -0.2) is 12.5 Å². The molecule has 0 atom stereocenters. The molecule has 3 heteroatoms. The zero-order chi connectivity index (χ0) is 15.2. The Morgan fingerprint density at radius 3 is 2.30 bits per heavy atom. The molecule has 0 aliphatic carbocycles. The molecule has 3 N–H and O–H groups in total. The molecule has 0 spiro atoms. The first-order valence-corrected chi connectivity index (χ1v) is 7.58. The highest BCUT2D eigenvalue weighted by molar-refractivity contribution is 5.96. The Hall–Kier alpha value is -1.35. The van der Waals surface area contributed by atoms with Crippen molar-refractivity contribution in [3.63, 3.8) is 0 Å². The Balaban J connectivity index is 2.98. The van der Waals surface area contributed by atoms with E-state index in [2.05, 4.69) is 32.2 Å². The third-order valence-corrected chi connectivity index (χ3v) is 4.18. The maximum Gasteiger partial charge on any atom is 0.231 e. The second kappa shape index (κ2) is 7.44. The molecule has 0 fully saturated rings. The van der Waals surface area contributed by atoms with Gasteiger partial charge in [-0.1, -0.05) is 38.8 Å². The molecule has 0 saturated carbocycles. The van der Waals surface area contributed by atoms with E-state index in [4.69, 9.17) is 5.73 Å². The minimum absolute atomic E-state index is 0.0670.